The number of carbonyl (C=O) groups excluding carboxylic acids is 2. The highest BCUT2D eigenvalue weighted by Crippen LogP contribution is 2.36. The number of aryl methyl sites for hydroxylation is 1. The number of nitrogens with zero attached hydrogens (tertiary/aromatic N) is 2. The molecule has 0 spiro atoms. The van der Waals surface area contributed by atoms with E-state index in [-0.39, 0.29) is 11.5 Å². The molecule has 1 N–H and O–H groups in total. The molecular formula is C21H25BFN3O5. The van der Waals surface area contributed by atoms with Gasteiger partial charge in [0.05, 0.1) is 11.2 Å². The van der Waals surface area contributed by atoms with Crippen LogP contribution in [0.15, 0.2) is 30.5 Å². The first-order chi connectivity index (χ1) is 14.4. The molecule has 10 heteroatoms. The van der Waals surface area contributed by atoms with E-state index in [1.54, 1.807) is 6.92 Å². The van der Waals surface area contributed by atoms with Crippen molar-refractivity contribution in [3.63, 3.8) is 0 Å². The molecule has 1 saturated heterocycles. The van der Waals surface area contributed by atoms with Crippen molar-refractivity contribution in [3.8, 4) is 0 Å². The number of ether oxygens (including phenoxy) is 1. The zero-order valence-electron chi connectivity index (χ0n) is 18.4. The molecule has 1 aliphatic heterocycles. The minimum absolute atomic E-state index is 0.0105. The second-order valence-corrected chi connectivity index (χ2v) is 8.36. The fourth-order valence-electron chi connectivity index (χ4n) is 3.02. The van der Waals surface area contributed by atoms with Gasteiger partial charge >= 0.3 is 13.1 Å². The second kappa shape index (κ2) is 8.35. The van der Waals surface area contributed by atoms with Crippen LogP contribution in [0.4, 0.5) is 10.3 Å². The highest BCUT2D eigenvalue weighted by Gasteiger charge is 2.52. The van der Waals surface area contributed by atoms with Crippen molar-refractivity contribution in [2.24, 2.45) is 0 Å². The van der Waals surface area contributed by atoms with E-state index in [0.29, 0.717) is 11.2 Å². The maximum absolute atomic E-state index is 13.6. The predicted molar refractivity (Wildman–Crippen MR) is 112 cm³/mol. The number of anilines is 1. The number of rotatable bonds is 5. The summed E-state index contributed by atoms with van der Waals surface area (Å²) in [4.78, 5) is 32.7. The first kappa shape index (κ1) is 22.8. The lowest BCUT2D eigenvalue weighted by Gasteiger charge is -2.32. The van der Waals surface area contributed by atoms with Crippen LogP contribution in [-0.4, -0.2) is 40.2 Å². The molecule has 2 aromatic rings. The van der Waals surface area contributed by atoms with Gasteiger partial charge < -0.3 is 14.0 Å². The number of carbonyl (C=O) groups is 2. The summed E-state index contributed by atoms with van der Waals surface area (Å²) in [7, 11) is -0.643. The predicted octanol–water partition coefficient (Wildman–Crippen LogP) is 2.47. The van der Waals surface area contributed by atoms with Gasteiger partial charge in [-0.1, -0.05) is 12.1 Å². The lowest BCUT2D eigenvalue weighted by atomic mass is 9.79. The molecule has 1 atom stereocenters. The lowest BCUT2D eigenvalue weighted by Crippen LogP contribution is -2.41. The molecule has 1 amide bonds. The number of amides is 1. The zero-order valence-corrected chi connectivity index (χ0v) is 18.4. The van der Waals surface area contributed by atoms with E-state index >= 15 is 0 Å². The number of halogens is 1. The third kappa shape index (κ3) is 4.91. The van der Waals surface area contributed by atoms with Crippen LogP contribution in [0.25, 0.3) is 0 Å². The molecule has 0 saturated carbocycles. The van der Waals surface area contributed by atoms with Crippen molar-refractivity contribution in [1.82, 2.24) is 9.97 Å². The Morgan fingerprint density at radius 3 is 2.39 bits per heavy atom. The summed E-state index contributed by atoms with van der Waals surface area (Å²) in [6, 6.07) is 5.27. The average Bonchev–Trinajstić information content (AvgIpc) is 2.86. The molecule has 3 rings (SSSR count). The van der Waals surface area contributed by atoms with Crippen LogP contribution in [0.5, 0.6) is 0 Å². The summed E-state index contributed by atoms with van der Waals surface area (Å²) in [6.45, 7) is 10.7. The summed E-state index contributed by atoms with van der Waals surface area (Å²) in [5.74, 6) is -1.93. The number of hydrogen-bond donors (Lipinski definition) is 1. The number of hydrogen-bond acceptors (Lipinski definition) is 7. The summed E-state index contributed by atoms with van der Waals surface area (Å²) in [6.07, 6.45) is 0.170. The van der Waals surface area contributed by atoms with Gasteiger partial charge in [-0.05, 0) is 46.8 Å². The van der Waals surface area contributed by atoms with E-state index in [2.05, 4.69) is 15.3 Å². The number of benzene rings is 1. The third-order valence-electron chi connectivity index (χ3n) is 5.43. The maximum atomic E-state index is 13.6. The molecule has 0 bridgehead atoms. The lowest BCUT2D eigenvalue weighted by molar-refractivity contribution is -0.152. The van der Waals surface area contributed by atoms with E-state index in [1.165, 1.54) is 31.3 Å². The summed E-state index contributed by atoms with van der Waals surface area (Å²) in [5.41, 5.74) is 0.355. The molecular weight excluding hydrogens is 404 g/mol. The molecule has 0 aliphatic carbocycles. The van der Waals surface area contributed by atoms with E-state index in [1.807, 2.05) is 27.7 Å². The Hall–Kier alpha value is -2.85. The second-order valence-electron chi connectivity index (χ2n) is 8.36. The van der Waals surface area contributed by atoms with Gasteiger partial charge in [0.25, 0.3) is 5.91 Å². The first-order valence-electron chi connectivity index (χ1n) is 9.82. The van der Waals surface area contributed by atoms with Gasteiger partial charge in [-0.25, -0.2) is 14.4 Å². The van der Waals surface area contributed by atoms with Crippen molar-refractivity contribution in [2.75, 3.05) is 5.32 Å². The SMILES string of the molecule is CC(=O)OC(C(=O)Nc1ncc(B2OC(C)(C)C(C)(C)O2)c(C)n1)c1cccc(F)c1. The normalized spacial score (nSPS) is 17.8. The highest BCUT2D eigenvalue weighted by molar-refractivity contribution is 6.62. The smallest absolute Gasteiger partial charge is 0.447 e. The topological polar surface area (TPSA) is 99.6 Å². The Kier molecular flexibility index (Phi) is 6.15. The maximum Gasteiger partial charge on any atom is 0.498 e. The molecule has 2 heterocycles. The van der Waals surface area contributed by atoms with E-state index in [0.717, 1.165) is 6.07 Å². The minimum atomic E-state index is -1.35. The van der Waals surface area contributed by atoms with Crippen molar-refractivity contribution in [3.05, 3.63) is 47.5 Å². The summed E-state index contributed by atoms with van der Waals surface area (Å²) < 4.78 is 30.7. The molecule has 1 aliphatic rings. The zero-order chi connectivity index (χ0) is 23.0. The van der Waals surface area contributed by atoms with Crippen LogP contribution in [-0.2, 0) is 23.6 Å². The Balaban J connectivity index is 1.80. The quantitative estimate of drug-likeness (QED) is 0.576. The highest BCUT2D eigenvalue weighted by atomic mass is 19.1. The van der Waals surface area contributed by atoms with Gasteiger partial charge in [0.15, 0.2) is 0 Å². The molecule has 1 fully saturated rings. The van der Waals surface area contributed by atoms with Gasteiger partial charge in [0.1, 0.15) is 5.82 Å². The number of esters is 1. The van der Waals surface area contributed by atoms with E-state index in [9.17, 15) is 14.0 Å². The largest absolute Gasteiger partial charge is 0.498 e. The molecule has 1 aromatic carbocycles. The average molecular weight is 429 g/mol. The molecule has 164 valence electrons. The van der Waals surface area contributed by atoms with Crippen LogP contribution in [0.2, 0.25) is 0 Å². The standard InChI is InChI=1S/C21H25BFN3O5/c1-12-16(22-30-20(3,4)21(5,6)31-22)11-24-19(25-12)26-18(28)17(29-13(2)27)14-8-7-9-15(23)10-14/h7-11,17H,1-6H3,(H,24,25,26,28). The fourth-order valence-corrected chi connectivity index (χ4v) is 3.02. The van der Waals surface area contributed by atoms with E-state index in [4.69, 9.17) is 14.0 Å². The monoisotopic (exact) mass is 429 g/mol. The summed E-state index contributed by atoms with van der Waals surface area (Å²) in [5, 5.41) is 2.51. The van der Waals surface area contributed by atoms with Crippen LogP contribution in [0.1, 0.15) is 52.0 Å². The molecule has 31 heavy (non-hydrogen) atoms. The Morgan fingerprint density at radius 1 is 1.19 bits per heavy atom. The van der Waals surface area contributed by atoms with Gasteiger partial charge in [-0.3, -0.25) is 14.9 Å². The van der Waals surface area contributed by atoms with Crippen molar-refractivity contribution < 1.29 is 28.0 Å². The Morgan fingerprint density at radius 2 is 1.84 bits per heavy atom. The van der Waals surface area contributed by atoms with Crippen molar-refractivity contribution in [1.29, 1.82) is 0 Å². The third-order valence-corrected chi connectivity index (χ3v) is 5.43. The van der Waals surface area contributed by atoms with Gasteiger partial charge in [0, 0.05) is 29.8 Å². The Labute approximate surface area is 180 Å². The minimum Gasteiger partial charge on any atom is -0.447 e. The number of nitrogens with one attached hydrogen (secondary N) is 1. The molecule has 1 unspecified atom stereocenters. The summed E-state index contributed by atoms with van der Waals surface area (Å²) >= 11 is 0. The first-order valence-corrected chi connectivity index (χ1v) is 9.82. The molecule has 8 nitrogen and oxygen atoms in total. The van der Waals surface area contributed by atoms with E-state index < -0.39 is 42.1 Å². The van der Waals surface area contributed by atoms with Crippen molar-refractivity contribution >= 4 is 30.4 Å². The van der Waals surface area contributed by atoms with Gasteiger partial charge in [0.2, 0.25) is 12.1 Å². The van der Waals surface area contributed by atoms with Crippen LogP contribution >= 0.6 is 0 Å². The molecule has 0 radical (unpaired) electrons. The fraction of sp³-hybridized carbons (Fsp3) is 0.429. The van der Waals surface area contributed by atoms with Crippen LogP contribution < -0.4 is 10.8 Å². The van der Waals surface area contributed by atoms with Crippen LogP contribution in [0, 0.1) is 12.7 Å². The molecule has 1 aromatic heterocycles. The van der Waals surface area contributed by atoms with Crippen molar-refractivity contribution in [2.45, 2.75) is 58.8 Å². The Bertz CT molecular complexity index is 998. The van der Waals surface area contributed by atoms with Gasteiger partial charge in [-0.2, -0.15) is 0 Å². The van der Waals surface area contributed by atoms with Gasteiger partial charge in [-0.15, -0.1) is 0 Å². The number of aromatic nitrogens is 2. The van der Waals surface area contributed by atoms with Crippen LogP contribution in [0.3, 0.4) is 0 Å².